The molecule has 2 aliphatic rings. The molecule has 0 saturated carbocycles. The molecule has 7 heteroatoms. The largest absolute Gasteiger partial charge is 0.386 e. The third-order valence-corrected chi connectivity index (χ3v) is 3.27. The second-order valence-corrected chi connectivity index (χ2v) is 4.68. The zero-order chi connectivity index (χ0) is 22.2. The van der Waals surface area contributed by atoms with E-state index in [-0.39, 0.29) is 0 Å². The fraction of sp³-hybridized carbons (Fsp3) is 0. The summed E-state index contributed by atoms with van der Waals surface area (Å²) in [5, 5.41) is 0. The monoisotopic (exact) mass is 328 g/mol. The van der Waals surface area contributed by atoms with Crippen LogP contribution in [0.5, 0.6) is 0 Å². The average Bonchev–Trinajstić information content (AvgIpc) is 3.13. The first kappa shape index (κ1) is 8.88. The summed E-state index contributed by atoms with van der Waals surface area (Å²) in [5.74, 6) is -6.49. The minimum Gasteiger partial charge on any atom is -0.386 e. The number of carbonyl (C=O) groups excluding carboxylic acids is 5. The molecule has 2 aliphatic heterocycles. The summed E-state index contributed by atoms with van der Waals surface area (Å²) >= 11 is 0. The molecule has 24 heavy (non-hydrogen) atoms. The number of fused-ring (bicyclic) bond motifs is 2. The van der Waals surface area contributed by atoms with Gasteiger partial charge in [-0.25, -0.2) is 19.2 Å². The molecule has 2 heterocycles. The molecule has 0 N–H and O–H groups in total. The third-order valence-electron chi connectivity index (χ3n) is 3.27. The van der Waals surface area contributed by atoms with E-state index in [9.17, 15) is 24.0 Å². The Morgan fingerprint density at radius 3 is 1.46 bits per heavy atom. The lowest BCUT2D eigenvalue weighted by molar-refractivity contribution is 0.0425. The quantitative estimate of drug-likeness (QED) is 0.468. The predicted octanol–water partition coefficient (Wildman–Crippen LogP) is 1.54. The first-order chi connectivity index (χ1) is 14.0. The molecule has 7 nitrogen and oxygen atoms in total. The van der Waals surface area contributed by atoms with E-state index in [1.165, 1.54) is 0 Å². The summed E-state index contributed by atoms with van der Waals surface area (Å²) in [5.41, 5.74) is -4.55. The van der Waals surface area contributed by atoms with Crippen molar-refractivity contribution < 1.29 is 41.7 Å². The van der Waals surface area contributed by atoms with Gasteiger partial charge in [0.05, 0.1) is 30.5 Å². The highest BCUT2D eigenvalue weighted by Gasteiger charge is 2.32. The van der Waals surface area contributed by atoms with E-state index in [4.69, 9.17) is 8.22 Å². The molecule has 0 fully saturated rings. The maximum Gasteiger partial charge on any atom is 0.346 e. The fourth-order valence-electron chi connectivity index (χ4n) is 2.15. The minimum atomic E-state index is -1.38. The maximum absolute atomic E-state index is 13.1. The number of ketones is 1. The van der Waals surface area contributed by atoms with Crippen LogP contribution in [0.3, 0.4) is 0 Å². The first-order valence-electron chi connectivity index (χ1n) is 9.34. The van der Waals surface area contributed by atoms with E-state index >= 15 is 0 Å². The number of rotatable bonds is 2. The van der Waals surface area contributed by atoms with Crippen molar-refractivity contribution in [1.29, 1.82) is 0 Å². The van der Waals surface area contributed by atoms with Gasteiger partial charge in [0.25, 0.3) is 0 Å². The number of ether oxygens (including phenoxy) is 2. The van der Waals surface area contributed by atoms with Crippen LogP contribution in [-0.4, -0.2) is 29.7 Å². The van der Waals surface area contributed by atoms with E-state index in [1.54, 1.807) is 0 Å². The van der Waals surface area contributed by atoms with Crippen molar-refractivity contribution in [2.24, 2.45) is 0 Å². The number of hydrogen-bond acceptors (Lipinski definition) is 7. The highest BCUT2D eigenvalue weighted by molar-refractivity contribution is 6.19. The zero-order valence-electron chi connectivity index (χ0n) is 17.4. The van der Waals surface area contributed by atoms with E-state index in [0.717, 1.165) is 0 Å². The standard InChI is InChI=1S/C17H6O7/c18-13(7-1-3-9-11(5-7)16(21)23-14(9)19)8-2-4-10-12(6-8)17(22)24-15(10)20/h1-6H/i1D,2D,3D,4D,5D,6D. The van der Waals surface area contributed by atoms with Crippen molar-refractivity contribution >= 4 is 29.7 Å². The van der Waals surface area contributed by atoms with Gasteiger partial charge in [-0.3, -0.25) is 4.79 Å². The van der Waals surface area contributed by atoms with Crippen molar-refractivity contribution in [3.63, 3.8) is 0 Å². The molecule has 0 bridgehead atoms. The van der Waals surface area contributed by atoms with Crippen LogP contribution in [0.25, 0.3) is 0 Å². The van der Waals surface area contributed by atoms with Crippen LogP contribution in [0.2, 0.25) is 0 Å². The fourth-order valence-corrected chi connectivity index (χ4v) is 2.15. The van der Waals surface area contributed by atoms with Gasteiger partial charge in [0.1, 0.15) is 0 Å². The lowest BCUT2D eigenvalue weighted by Gasteiger charge is -2.03. The molecule has 2 aromatic carbocycles. The van der Waals surface area contributed by atoms with Gasteiger partial charge >= 0.3 is 23.9 Å². The van der Waals surface area contributed by atoms with Crippen molar-refractivity contribution in [2.45, 2.75) is 0 Å². The lowest BCUT2D eigenvalue weighted by Crippen LogP contribution is -2.05. The molecule has 0 aromatic heterocycles. The highest BCUT2D eigenvalue weighted by atomic mass is 16.6. The molecule has 116 valence electrons. The van der Waals surface area contributed by atoms with Crippen LogP contribution < -0.4 is 0 Å². The summed E-state index contributed by atoms with van der Waals surface area (Å²) < 4.78 is 56.6. The smallest absolute Gasteiger partial charge is 0.346 e. The van der Waals surface area contributed by atoms with Crippen LogP contribution in [0.4, 0.5) is 0 Å². The maximum atomic E-state index is 13.1. The van der Waals surface area contributed by atoms with Crippen molar-refractivity contribution in [2.75, 3.05) is 0 Å². The van der Waals surface area contributed by atoms with E-state index in [2.05, 4.69) is 9.47 Å². The van der Waals surface area contributed by atoms with Crippen LogP contribution in [0.15, 0.2) is 36.3 Å². The molecular formula is C17H6O7. The molecule has 0 aliphatic carbocycles. The second kappa shape index (κ2) is 4.69. The Labute approximate surface area is 142 Å². The van der Waals surface area contributed by atoms with Crippen LogP contribution in [-0.2, 0) is 9.47 Å². The summed E-state index contributed by atoms with van der Waals surface area (Å²) in [4.78, 5) is 60.3. The topological polar surface area (TPSA) is 104 Å². The molecule has 0 saturated heterocycles. The number of cyclic esters (lactones) is 4. The Morgan fingerprint density at radius 2 is 1.04 bits per heavy atom. The van der Waals surface area contributed by atoms with Crippen molar-refractivity contribution in [1.82, 2.24) is 0 Å². The molecule has 0 atom stereocenters. The molecule has 4 rings (SSSR count). The molecular weight excluding hydrogens is 316 g/mol. The number of carbonyl (C=O) groups is 5. The normalized spacial score (nSPS) is 18.5. The van der Waals surface area contributed by atoms with Gasteiger partial charge in [-0.15, -0.1) is 0 Å². The summed E-state index contributed by atoms with van der Waals surface area (Å²) in [6, 6.07) is -5.51. The minimum absolute atomic E-state index is 0.659. The Bertz CT molecular complexity index is 1200. The number of benzene rings is 2. The van der Waals surface area contributed by atoms with Crippen LogP contribution in [0, 0.1) is 0 Å². The van der Waals surface area contributed by atoms with E-state index in [0.29, 0.717) is 0 Å². The van der Waals surface area contributed by atoms with Crippen LogP contribution >= 0.6 is 0 Å². The Kier molecular flexibility index (Phi) is 1.73. The van der Waals surface area contributed by atoms with E-state index < -0.39 is 99.3 Å². The van der Waals surface area contributed by atoms with E-state index in [1.807, 2.05) is 0 Å². The van der Waals surface area contributed by atoms with Crippen molar-refractivity contribution in [3.8, 4) is 0 Å². The number of hydrogen-bond donors (Lipinski definition) is 0. The van der Waals surface area contributed by atoms with Gasteiger partial charge in [0.15, 0.2) is 5.78 Å². The molecule has 0 radical (unpaired) electrons. The second-order valence-electron chi connectivity index (χ2n) is 4.68. The zero-order valence-corrected chi connectivity index (χ0v) is 11.4. The SMILES string of the molecule is [2H]c1c([2H])c2c(c([2H])c1C(=O)c1c([2H])c([2H])c3c(c1[2H])C(=O)OC3=O)C(=O)OC2=O. The van der Waals surface area contributed by atoms with Gasteiger partial charge in [0.2, 0.25) is 0 Å². The predicted molar refractivity (Wildman–Crippen MR) is 75.8 cm³/mol. The highest BCUT2D eigenvalue weighted by Crippen LogP contribution is 2.25. The lowest BCUT2D eigenvalue weighted by atomic mass is 9.96. The Morgan fingerprint density at radius 1 is 0.667 bits per heavy atom. The van der Waals surface area contributed by atoms with Gasteiger partial charge in [-0.2, -0.15) is 0 Å². The van der Waals surface area contributed by atoms with Gasteiger partial charge in [0, 0.05) is 11.1 Å². The van der Waals surface area contributed by atoms with Crippen LogP contribution in [0.1, 0.15) is 65.6 Å². The molecule has 0 spiro atoms. The molecule has 0 amide bonds. The Hall–Kier alpha value is -3.61. The van der Waals surface area contributed by atoms with Gasteiger partial charge < -0.3 is 9.47 Å². The summed E-state index contributed by atoms with van der Waals surface area (Å²) in [6.45, 7) is 0. The summed E-state index contributed by atoms with van der Waals surface area (Å²) in [7, 11) is 0. The summed E-state index contributed by atoms with van der Waals surface area (Å²) in [6.07, 6.45) is 0. The van der Waals surface area contributed by atoms with Crippen molar-refractivity contribution in [3.05, 3.63) is 69.6 Å². The average molecular weight is 328 g/mol. The van der Waals surface area contributed by atoms with Gasteiger partial charge in [-0.1, -0.05) is 12.1 Å². The Balaban J connectivity index is 2.04. The van der Waals surface area contributed by atoms with Gasteiger partial charge in [-0.05, 0) is 24.2 Å². The first-order valence-corrected chi connectivity index (χ1v) is 6.34. The molecule has 2 aromatic rings. The number of esters is 4. The molecule has 0 unspecified atom stereocenters. The third kappa shape index (κ3) is 1.88.